The third-order valence-corrected chi connectivity index (χ3v) is 3.12. The van der Waals surface area contributed by atoms with Gasteiger partial charge in [0.15, 0.2) is 0 Å². The van der Waals surface area contributed by atoms with Gasteiger partial charge in [-0.05, 0) is 25.5 Å². The van der Waals surface area contributed by atoms with Gasteiger partial charge in [-0.1, -0.05) is 15.9 Å². The summed E-state index contributed by atoms with van der Waals surface area (Å²) < 4.78 is 0.916. The van der Waals surface area contributed by atoms with Crippen LogP contribution >= 0.6 is 15.9 Å². The average molecular weight is 254 g/mol. The molecule has 0 fully saturated rings. The van der Waals surface area contributed by atoms with Gasteiger partial charge in [-0.3, -0.25) is 0 Å². The van der Waals surface area contributed by atoms with Crippen molar-refractivity contribution in [3.05, 3.63) is 38.6 Å². The van der Waals surface area contributed by atoms with Gasteiger partial charge in [0.2, 0.25) is 6.54 Å². The molecular weight excluding hydrogens is 242 g/mol. The van der Waals surface area contributed by atoms with Crippen molar-refractivity contribution in [2.24, 2.45) is 0 Å². The predicted octanol–water partition coefficient (Wildman–Crippen LogP) is 3.23. The molecule has 1 N–H and O–H groups in total. The second kappa shape index (κ2) is 4.47. The molecule has 0 saturated heterocycles. The Labute approximate surface area is 92.5 Å². The lowest BCUT2D eigenvalue weighted by Gasteiger charge is -2.10. The first-order chi connectivity index (χ1) is 6.57. The standard InChI is InChI=1S/C11H12BrNO/c1-7-6-10(12)8(2)11(14)9(7)4-5-13-3/h6,14H,4-5H2,1-2H3. The smallest absolute Gasteiger partial charge is 0.218 e. The Hall–Kier alpha value is -1.01. The molecule has 2 nitrogen and oxygen atoms in total. The minimum atomic E-state index is 0.320. The van der Waals surface area contributed by atoms with E-state index in [1.807, 2.05) is 19.9 Å². The molecule has 0 unspecified atom stereocenters. The fraction of sp³-hybridized carbons (Fsp3) is 0.364. The highest BCUT2D eigenvalue weighted by atomic mass is 79.9. The Balaban J connectivity index is 3.17. The van der Waals surface area contributed by atoms with Crippen molar-refractivity contribution in [3.8, 4) is 5.75 Å². The van der Waals surface area contributed by atoms with Crippen LogP contribution in [0.25, 0.3) is 4.85 Å². The molecule has 0 aliphatic heterocycles. The van der Waals surface area contributed by atoms with Crippen molar-refractivity contribution in [2.75, 3.05) is 6.54 Å². The van der Waals surface area contributed by atoms with E-state index in [2.05, 4.69) is 20.8 Å². The first-order valence-electron chi connectivity index (χ1n) is 4.38. The van der Waals surface area contributed by atoms with Gasteiger partial charge < -0.3 is 9.95 Å². The van der Waals surface area contributed by atoms with Gasteiger partial charge in [-0.25, -0.2) is 6.57 Å². The molecule has 3 heteroatoms. The van der Waals surface area contributed by atoms with Crippen LogP contribution in [0.4, 0.5) is 0 Å². The Bertz CT molecular complexity index is 393. The van der Waals surface area contributed by atoms with Gasteiger partial charge in [-0.2, -0.15) is 0 Å². The summed E-state index contributed by atoms with van der Waals surface area (Å²) in [6.07, 6.45) is 0.620. The fourth-order valence-corrected chi connectivity index (χ4v) is 1.93. The number of phenolic OH excluding ortho intramolecular Hbond substituents is 1. The van der Waals surface area contributed by atoms with Crippen LogP contribution in [0.2, 0.25) is 0 Å². The lowest BCUT2D eigenvalue weighted by atomic mass is 10.0. The van der Waals surface area contributed by atoms with E-state index in [1.54, 1.807) is 0 Å². The van der Waals surface area contributed by atoms with E-state index in [9.17, 15) is 5.11 Å². The Morgan fingerprint density at radius 1 is 1.50 bits per heavy atom. The Kier molecular flexibility index (Phi) is 3.54. The maximum Gasteiger partial charge on any atom is 0.218 e. The fourth-order valence-electron chi connectivity index (χ4n) is 1.39. The summed E-state index contributed by atoms with van der Waals surface area (Å²) in [6.45, 7) is 11.0. The molecule has 1 aromatic rings. The van der Waals surface area contributed by atoms with E-state index < -0.39 is 0 Å². The van der Waals surface area contributed by atoms with Crippen LogP contribution in [0, 0.1) is 20.4 Å². The van der Waals surface area contributed by atoms with Crippen LogP contribution in [-0.4, -0.2) is 11.7 Å². The zero-order valence-electron chi connectivity index (χ0n) is 8.26. The summed E-state index contributed by atoms with van der Waals surface area (Å²) >= 11 is 3.38. The molecule has 0 saturated carbocycles. The molecule has 0 heterocycles. The number of phenols is 1. The summed E-state index contributed by atoms with van der Waals surface area (Å²) in [5.74, 6) is 0.320. The minimum absolute atomic E-state index is 0.320. The van der Waals surface area contributed by atoms with Crippen molar-refractivity contribution in [2.45, 2.75) is 20.3 Å². The van der Waals surface area contributed by atoms with E-state index in [4.69, 9.17) is 6.57 Å². The molecule has 0 aliphatic rings. The number of hydrogen-bond donors (Lipinski definition) is 1. The quantitative estimate of drug-likeness (QED) is 0.805. The predicted molar refractivity (Wildman–Crippen MR) is 60.5 cm³/mol. The van der Waals surface area contributed by atoms with Crippen molar-refractivity contribution in [1.82, 2.24) is 0 Å². The molecule has 1 rings (SSSR count). The molecule has 0 spiro atoms. The highest BCUT2D eigenvalue weighted by Crippen LogP contribution is 2.32. The number of hydrogen-bond acceptors (Lipinski definition) is 1. The van der Waals surface area contributed by atoms with Crippen LogP contribution in [0.15, 0.2) is 10.5 Å². The maximum absolute atomic E-state index is 9.85. The number of rotatable bonds is 2. The first-order valence-corrected chi connectivity index (χ1v) is 5.18. The third-order valence-electron chi connectivity index (χ3n) is 2.29. The van der Waals surface area contributed by atoms with Crippen LogP contribution in [0.1, 0.15) is 16.7 Å². The van der Waals surface area contributed by atoms with Crippen molar-refractivity contribution < 1.29 is 5.11 Å². The SMILES string of the molecule is [C-]#[N+]CCc1c(C)cc(Br)c(C)c1O. The Morgan fingerprint density at radius 2 is 2.14 bits per heavy atom. The lowest BCUT2D eigenvalue weighted by Crippen LogP contribution is -1.95. The number of halogens is 1. The zero-order chi connectivity index (χ0) is 10.7. The van der Waals surface area contributed by atoms with Crippen LogP contribution in [0.3, 0.4) is 0 Å². The van der Waals surface area contributed by atoms with Gasteiger partial charge in [0.1, 0.15) is 5.75 Å². The van der Waals surface area contributed by atoms with E-state index >= 15 is 0 Å². The highest BCUT2D eigenvalue weighted by molar-refractivity contribution is 9.10. The van der Waals surface area contributed by atoms with Crippen LogP contribution in [-0.2, 0) is 6.42 Å². The molecule has 0 atom stereocenters. The third kappa shape index (κ3) is 2.08. The second-order valence-corrected chi connectivity index (χ2v) is 4.11. The molecule has 1 aromatic carbocycles. The number of nitrogens with zero attached hydrogens (tertiary/aromatic N) is 1. The van der Waals surface area contributed by atoms with Gasteiger partial charge in [0.05, 0.1) is 0 Å². The monoisotopic (exact) mass is 253 g/mol. The zero-order valence-corrected chi connectivity index (χ0v) is 9.85. The molecule has 0 radical (unpaired) electrons. The summed E-state index contributed by atoms with van der Waals surface area (Å²) in [7, 11) is 0. The van der Waals surface area contributed by atoms with Gasteiger partial charge in [-0.15, -0.1) is 0 Å². The van der Waals surface area contributed by atoms with E-state index in [0.717, 1.165) is 21.2 Å². The van der Waals surface area contributed by atoms with E-state index in [0.29, 0.717) is 18.7 Å². The summed E-state index contributed by atoms with van der Waals surface area (Å²) in [4.78, 5) is 3.29. The minimum Gasteiger partial charge on any atom is -0.507 e. The van der Waals surface area contributed by atoms with Crippen LogP contribution < -0.4 is 0 Å². The molecule has 14 heavy (non-hydrogen) atoms. The molecule has 74 valence electrons. The summed E-state index contributed by atoms with van der Waals surface area (Å²) in [5.41, 5.74) is 2.76. The first kappa shape index (κ1) is 11.1. The normalized spacial score (nSPS) is 9.86. The largest absolute Gasteiger partial charge is 0.507 e. The van der Waals surface area contributed by atoms with Gasteiger partial charge in [0.25, 0.3) is 0 Å². The maximum atomic E-state index is 9.85. The highest BCUT2D eigenvalue weighted by Gasteiger charge is 2.11. The lowest BCUT2D eigenvalue weighted by molar-refractivity contribution is 0.463. The van der Waals surface area contributed by atoms with E-state index in [-0.39, 0.29) is 0 Å². The van der Waals surface area contributed by atoms with Crippen molar-refractivity contribution >= 4 is 15.9 Å². The second-order valence-electron chi connectivity index (χ2n) is 3.26. The molecular formula is C11H12BrNO. The number of benzene rings is 1. The van der Waals surface area contributed by atoms with Crippen molar-refractivity contribution in [3.63, 3.8) is 0 Å². The average Bonchev–Trinajstić information content (AvgIpc) is 2.14. The van der Waals surface area contributed by atoms with Gasteiger partial charge in [0, 0.05) is 22.0 Å². The van der Waals surface area contributed by atoms with Gasteiger partial charge >= 0.3 is 0 Å². The molecule has 0 bridgehead atoms. The topological polar surface area (TPSA) is 24.6 Å². The van der Waals surface area contributed by atoms with E-state index in [1.165, 1.54) is 0 Å². The Morgan fingerprint density at radius 3 is 2.71 bits per heavy atom. The van der Waals surface area contributed by atoms with Crippen molar-refractivity contribution in [1.29, 1.82) is 0 Å². The number of aromatic hydroxyl groups is 1. The molecule has 0 aliphatic carbocycles. The van der Waals surface area contributed by atoms with Crippen LogP contribution in [0.5, 0.6) is 5.75 Å². The molecule has 0 aromatic heterocycles. The summed E-state index contributed by atoms with van der Waals surface area (Å²) in [5, 5.41) is 9.85. The summed E-state index contributed by atoms with van der Waals surface area (Å²) in [6, 6.07) is 1.98. The number of aryl methyl sites for hydroxylation is 1. The molecule has 0 amide bonds.